The third-order valence-electron chi connectivity index (χ3n) is 2.06. The molecule has 1 aliphatic heterocycles. The van der Waals surface area contributed by atoms with Gasteiger partial charge >= 0.3 is 0 Å². The monoisotopic (exact) mass is 173 g/mol. The Labute approximate surface area is 77.6 Å². The molecule has 0 saturated carbocycles. The van der Waals surface area contributed by atoms with Crippen molar-refractivity contribution in [3.63, 3.8) is 0 Å². The lowest BCUT2D eigenvalue weighted by atomic mass is 9.99. The molecule has 2 heteroatoms. The fourth-order valence-corrected chi connectivity index (χ4v) is 1.47. The molecule has 0 spiro atoms. The van der Waals surface area contributed by atoms with E-state index in [1.807, 2.05) is 18.3 Å². The summed E-state index contributed by atoms with van der Waals surface area (Å²) in [6.07, 6.45) is 3.66. The molecule has 1 aromatic carbocycles. The van der Waals surface area contributed by atoms with Crippen LogP contribution in [0.25, 0.3) is 5.57 Å². The molecule has 66 valence electrons. The number of rotatable bonds is 1. The maximum Gasteiger partial charge on any atom is 0.0881 e. The van der Waals surface area contributed by atoms with Crippen LogP contribution in [0, 0.1) is 0 Å². The lowest BCUT2D eigenvalue weighted by Gasteiger charge is -2.12. The van der Waals surface area contributed by atoms with Crippen LogP contribution in [0.2, 0.25) is 0 Å². The first-order valence-electron chi connectivity index (χ1n) is 4.23. The van der Waals surface area contributed by atoms with Crippen LogP contribution in [0.15, 0.2) is 35.5 Å². The van der Waals surface area contributed by atoms with Gasteiger partial charge in [0.05, 0.1) is 19.9 Å². The Hall–Kier alpha value is -1.57. The van der Waals surface area contributed by atoms with Crippen molar-refractivity contribution in [3.8, 4) is 0 Å². The summed E-state index contributed by atoms with van der Waals surface area (Å²) in [5, 5.41) is 0. The second-order valence-electron chi connectivity index (χ2n) is 2.94. The van der Waals surface area contributed by atoms with Crippen LogP contribution >= 0.6 is 0 Å². The molecule has 0 saturated heterocycles. The van der Waals surface area contributed by atoms with Crippen molar-refractivity contribution in [3.05, 3.63) is 41.7 Å². The van der Waals surface area contributed by atoms with Crippen LogP contribution in [-0.4, -0.2) is 19.9 Å². The maximum absolute atomic E-state index is 5.00. The molecule has 0 aliphatic carbocycles. The van der Waals surface area contributed by atoms with Gasteiger partial charge in [-0.2, -0.15) is 0 Å². The van der Waals surface area contributed by atoms with E-state index in [2.05, 4.69) is 17.1 Å². The van der Waals surface area contributed by atoms with Gasteiger partial charge in [0.25, 0.3) is 0 Å². The minimum Gasteiger partial charge on any atom is -0.504 e. The summed E-state index contributed by atoms with van der Waals surface area (Å²) in [6.45, 7) is 0.713. The fraction of sp³-hybridized carbons (Fsp3) is 0.182. The summed E-state index contributed by atoms with van der Waals surface area (Å²) < 4.78 is 5.00. The zero-order valence-corrected chi connectivity index (χ0v) is 7.53. The summed E-state index contributed by atoms with van der Waals surface area (Å²) in [5.74, 6) is 0. The van der Waals surface area contributed by atoms with Gasteiger partial charge in [0, 0.05) is 11.8 Å². The van der Waals surface area contributed by atoms with E-state index in [9.17, 15) is 0 Å². The van der Waals surface area contributed by atoms with E-state index in [0.29, 0.717) is 6.54 Å². The Morgan fingerprint density at radius 1 is 1.38 bits per heavy atom. The number of nitrogens with zero attached hydrogens (tertiary/aromatic N) is 1. The second-order valence-corrected chi connectivity index (χ2v) is 2.94. The summed E-state index contributed by atoms with van der Waals surface area (Å²) in [5.41, 5.74) is 3.53. The number of benzene rings is 1. The zero-order valence-electron chi connectivity index (χ0n) is 7.53. The first kappa shape index (κ1) is 8.05. The Kier molecular flexibility index (Phi) is 2.13. The van der Waals surface area contributed by atoms with E-state index in [4.69, 9.17) is 4.74 Å². The van der Waals surface area contributed by atoms with Crippen LogP contribution in [-0.2, 0) is 4.74 Å². The molecule has 2 rings (SSSR count). The van der Waals surface area contributed by atoms with Gasteiger partial charge in [0.2, 0.25) is 0 Å². The Bertz CT molecular complexity index is 366. The van der Waals surface area contributed by atoms with Gasteiger partial charge in [0.1, 0.15) is 0 Å². The molecular formula is C11H11NO. The highest BCUT2D eigenvalue weighted by atomic mass is 16.5. The van der Waals surface area contributed by atoms with Gasteiger partial charge in [-0.3, -0.25) is 4.99 Å². The first-order chi connectivity index (χ1) is 6.42. The average Bonchev–Trinajstić information content (AvgIpc) is 2.19. The van der Waals surface area contributed by atoms with Crippen molar-refractivity contribution < 1.29 is 4.74 Å². The molecule has 0 radical (unpaired) electrons. The van der Waals surface area contributed by atoms with E-state index in [1.165, 1.54) is 5.56 Å². The molecule has 0 atom stereocenters. The molecule has 0 bridgehead atoms. The van der Waals surface area contributed by atoms with Gasteiger partial charge in [-0.15, -0.1) is 0 Å². The van der Waals surface area contributed by atoms with Crippen molar-refractivity contribution in [2.24, 2.45) is 4.99 Å². The molecule has 1 aliphatic rings. The number of aliphatic imine (C=N–C) groups is 1. The fourth-order valence-electron chi connectivity index (χ4n) is 1.47. The predicted molar refractivity (Wildman–Crippen MR) is 53.9 cm³/mol. The van der Waals surface area contributed by atoms with Gasteiger partial charge in [-0.1, -0.05) is 24.3 Å². The summed E-state index contributed by atoms with van der Waals surface area (Å²) in [7, 11) is 1.66. The number of methoxy groups -OCH3 is 1. The SMILES string of the molecule is COC=C1CN=Cc2ccccc21. The van der Waals surface area contributed by atoms with Gasteiger partial charge < -0.3 is 4.74 Å². The zero-order chi connectivity index (χ0) is 9.10. The smallest absolute Gasteiger partial charge is 0.0881 e. The van der Waals surface area contributed by atoms with Crippen molar-refractivity contribution in [2.75, 3.05) is 13.7 Å². The van der Waals surface area contributed by atoms with Crippen LogP contribution in [0.5, 0.6) is 0 Å². The standard InChI is InChI=1S/C11H11NO/c1-13-8-10-7-12-6-9-4-2-3-5-11(9)10/h2-6,8H,7H2,1H3. The molecule has 13 heavy (non-hydrogen) atoms. The summed E-state index contributed by atoms with van der Waals surface area (Å²) in [4.78, 5) is 4.25. The van der Waals surface area contributed by atoms with E-state index in [0.717, 1.165) is 11.1 Å². The number of ether oxygens (including phenoxy) is 1. The second kappa shape index (κ2) is 3.44. The number of hydrogen-bond donors (Lipinski definition) is 0. The van der Waals surface area contributed by atoms with Crippen molar-refractivity contribution in [1.29, 1.82) is 0 Å². The number of hydrogen-bond acceptors (Lipinski definition) is 2. The summed E-state index contributed by atoms with van der Waals surface area (Å²) >= 11 is 0. The topological polar surface area (TPSA) is 21.6 Å². The third kappa shape index (κ3) is 1.47. The largest absolute Gasteiger partial charge is 0.504 e. The van der Waals surface area contributed by atoms with Crippen molar-refractivity contribution >= 4 is 11.8 Å². The van der Waals surface area contributed by atoms with Gasteiger partial charge in [-0.05, 0) is 11.1 Å². The molecule has 0 unspecified atom stereocenters. The third-order valence-corrected chi connectivity index (χ3v) is 2.06. The normalized spacial score (nSPS) is 17.2. The highest BCUT2D eigenvalue weighted by molar-refractivity contribution is 5.91. The number of fused-ring (bicyclic) bond motifs is 1. The minimum absolute atomic E-state index is 0.713. The molecule has 0 amide bonds. The highest BCUT2D eigenvalue weighted by Gasteiger charge is 2.09. The quantitative estimate of drug-likeness (QED) is 0.596. The van der Waals surface area contributed by atoms with Crippen LogP contribution in [0.3, 0.4) is 0 Å². The lowest BCUT2D eigenvalue weighted by molar-refractivity contribution is 0.339. The Balaban J connectivity index is 2.49. The van der Waals surface area contributed by atoms with Crippen LogP contribution in [0.4, 0.5) is 0 Å². The van der Waals surface area contributed by atoms with Gasteiger partial charge in [0.15, 0.2) is 0 Å². The van der Waals surface area contributed by atoms with Crippen molar-refractivity contribution in [2.45, 2.75) is 0 Å². The molecule has 1 heterocycles. The van der Waals surface area contributed by atoms with E-state index in [-0.39, 0.29) is 0 Å². The average molecular weight is 173 g/mol. The molecule has 2 nitrogen and oxygen atoms in total. The van der Waals surface area contributed by atoms with Gasteiger partial charge in [-0.25, -0.2) is 0 Å². The lowest BCUT2D eigenvalue weighted by Crippen LogP contribution is -2.01. The first-order valence-corrected chi connectivity index (χ1v) is 4.23. The summed E-state index contributed by atoms with van der Waals surface area (Å²) in [6, 6.07) is 8.19. The molecule has 0 fully saturated rings. The molecule has 0 aromatic heterocycles. The maximum atomic E-state index is 5.00. The van der Waals surface area contributed by atoms with E-state index in [1.54, 1.807) is 13.4 Å². The molecule has 1 aromatic rings. The van der Waals surface area contributed by atoms with E-state index < -0.39 is 0 Å². The van der Waals surface area contributed by atoms with Crippen LogP contribution in [0.1, 0.15) is 11.1 Å². The van der Waals surface area contributed by atoms with Crippen LogP contribution < -0.4 is 0 Å². The Morgan fingerprint density at radius 2 is 2.23 bits per heavy atom. The highest BCUT2D eigenvalue weighted by Crippen LogP contribution is 2.21. The van der Waals surface area contributed by atoms with E-state index >= 15 is 0 Å². The Morgan fingerprint density at radius 3 is 3.08 bits per heavy atom. The van der Waals surface area contributed by atoms with Crippen molar-refractivity contribution in [1.82, 2.24) is 0 Å². The molecular weight excluding hydrogens is 162 g/mol. The molecule has 0 N–H and O–H groups in total. The minimum atomic E-state index is 0.713. The predicted octanol–water partition coefficient (Wildman–Crippen LogP) is 2.11.